The quantitative estimate of drug-likeness (QED) is 0.317. The fraction of sp³-hybridized carbons (Fsp3) is 0.944. The first kappa shape index (κ1) is 18.0. The molecule has 0 aromatic carbocycles. The fourth-order valence-electron chi connectivity index (χ4n) is 2.91. The van der Waals surface area contributed by atoms with Crippen molar-refractivity contribution in [3.8, 4) is 0 Å². The van der Waals surface area contributed by atoms with Crippen molar-refractivity contribution in [1.29, 1.82) is 0 Å². The maximum atomic E-state index is 2.70. The van der Waals surface area contributed by atoms with Crippen LogP contribution in [0.1, 0.15) is 98.3 Å². The topological polar surface area (TPSA) is 0 Å². The molecule has 1 radical (unpaired) electrons. The summed E-state index contributed by atoms with van der Waals surface area (Å²) >= 11 is 0. The molecule has 0 aliphatic rings. The molecule has 0 aliphatic carbocycles. The van der Waals surface area contributed by atoms with E-state index in [9.17, 15) is 0 Å². The Morgan fingerprint density at radius 1 is 0.611 bits per heavy atom. The van der Waals surface area contributed by atoms with E-state index in [1.165, 1.54) is 70.6 Å². The van der Waals surface area contributed by atoms with Gasteiger partial charge >= 0.3 is 0 Å². The Hall–Kier alpha value is 0. The Morgan fingerprint density at radius 2 is 1.22 bits per heavy atom. The van der Waals surface area contributed by atoms with Crippen LogP contribution in [0.15, 0.2) is 0 Å². The van der Waals surface area contributed by atoms with E-state index in [0.29, 0.717) is 0 Å². The highest BCUT2D eigenvalue weighted by Gasteiger charge is 2.14. The predicted octanol–water partition coefficient (Wildman–Crippen LogP) is 6.79. The summed E-state index contributed by atoms with van der Waals surface area (Å²) in [5.41, 5.74) is 0. The minimum absolute atomic E-state index is 0.884. The van der Waals surface area contributed by atoms with E-state index < -0.39 is 0 Å². The molecule has 0 fully saturated rings. The number of hydrogen-bond donors (Lipinski definition) is 0. The minimum atomic E-state index is 0.884. The van der Waals surface area contributed by atoms with E-state index >= 15 is 0 Å². The zero-order valence-corrected chi connectivity index (χ0v) is 13.5. The average molecular weight is 253 g/mol. The molecule has 1 unspecified atom stereocenters. The first-order valence-corrected chi connectivity index (χ1v) is 8.63. The van der Waals surface area contributed by atoms with Crippen LogP contribution in [-0.4, -0.2) is 0 Å². The lowest BCUT2D eigenvalue weighted by atomic mass is 9.84. The summed E-state index contributed by atoms with van der Waals surface area (Å²) in [6.45, 7) is 9.30. The van der Waals surface area contributed by atoms with Crippen LogP contribution in [-0.2, 0) is 0 Å². The van der Waals surface area contributed by atoms with Crippen molar-refractivity contribution in [2.24, 2.45) is 11.8 Å². The molecular formula is C18H37. The third-order valence-electron chi connectivity index (χ3n) is 4.07. The molecule has 18 heavy (non-hydrogen) atoms. The van der Waals surface area contributed by atoms with E-state index in [-0.39, 0.29) is 0 Å². The van der Waals surface area contributed by atoms with Crippen LogP contribution in [0.2, 0.25) is 0 Å². The molecule has 0 aliphatic heterocycles. The summed E-state index contributed by atoms with van der Waals surface area (Å²) in [6, 6.07) is 0. The van der Waals surface area contributed by atoms with Crippen LogP contribution in [0.5, 0.6) is 0 Å². The first-order valence-electron chi connectivity index (χ1n) is 8.63. The van der Waals surface area contributed by atoms with Crippen molar-refractivity contribution in [2.75, 3.05) is 0 Å². The van der Waals surface area contributed by atoms with Gasteiger partial charge in [0.05, 0.1) is 0 Å². The van der Waals surface area contributed by atoms with Gasteiger partial charge in [0.2, 0.25) is 0 Å². The summed E-state index contributed by atoms with van der Waals surface area (Å²) < 4.78 is 0. The Kier molecular flexibility index (Phi) is 13.4. The van der Waals surface area contributed by atoms with Gasteiger partial charge in [-0.2, -0.15) is 0 Å². The summed E-state index contributed by atoms with van der Waals surface area (Å²) in [4.78, 5) is 0. The smallest absolute Gasteiger partial charge is 0.0324 e. The van der Waals surface area contributed by atoms with Gasteiger partial charge in [-0.25, -0.2) is 0 Å². The second-order valence-corrected chi connectivity index (χ2v) is 5.90. The van der Waals surface area contributed by atoms with E-state index in [4.69, 9.17) is 0 Å². The van der Waals surface area contributed by atoms with Crippen LogP contribution < -0.4 is 0 Å². The third-order valence-corrected chi connectivity index (χ3v) is 4.07. The highest BCUT2D eigenvalue weighted by atomic mass is 14.2. The Morgan fingerprint density at radius 3 is 1.72 bits per heavy atom. The maximum Gasteiger partial charge on any atom is -0.0324 e. The van der Waals surface area contributed by atoms with E-state index in [0.717, 1.165) is 11.8 Å². The van der Waals surface area contributed by atoms with Gasteiger partial charge in [0.25, 0.3) is 0 Å². The van der Waals surface area contributed by atoms with Gasteiger partial charge in [-0.15, -0.1) is 0 Å². The van der Waals surface area contributed by atoms with Crippen molar-refractivity contribution in [3.05, 3.63) is 6.42 Å². The van der Waals surface area contributed by atoms with Crippen LogP contribution >= 0.6 is 0 Å². The van der Waals surface area contributed by atoms with Crippen molar-refractivity contribution in [3.63, 3.8) is 0 Å². The number of hydrogen-bond acceptors (Lipinski definition) is 0. The molecule has 0 heterocycles. The zero-order valence-electron chi connectivity index (χ0n) is 13.5. The second-order valence-electron chi connectivity index (χ2n) is 5.90. The highest BCUT2D eigenvalue weighted by molar-refractivity contribution is 4.82. The lowest BCUT2D eigenvalue weighted by Gasteiger charge is -2.22. The standard InChI is InChI=1S/C18H37/c1-5-9-10-11-12-15-17(8-4)16-18(13-6-2)14-7-3/h16-18H,5-15H2,1-4H3. The van der Waals surface area contributed by atoms with Gasteiger partial charge in [-0.05, 0) is 18.3 Å². The molecule has 0 N–H and O–H groups in total. The summed E-state index contributed by atoms with van der Waals surface area (Å²) in [6.07, 6.45) is 18.1. The summed E-state index contributed by atoms with van der Waals surface area (Å²) in [5, 5.41) is 0. The van der Waals surface area contributed by atoms with E-state index in [1.807, 2.05) is 0 Å². The van der Waals surface area contributed by atoms with E-state index in [2.05, 4.69) is 34.1 Å². The van der Waals surface area contributed by atoms with Gasteiger partial charge in [-0.1, -0.05) is 98.3 Å². The molecule has 0 rings (SSSR count). The molecule has 109 valence electrons. The summed E-state index contributed by atoms with van der Waals surface area (Å²) in [7, 11) is 0. The molecule has 0 bridgehead atoms. The molecule has 1 atom stereocenters. The van der Waals surface area contributed by atoms with Crippen molar-refractivity contribution in [2.45, 2.75) is 98.3 Å². The van der Waals surface area contributed by atoms with Gasteiger partial charge in [-0.3, -0.25) is 0 Å². The molecule has 0 aromatic rings. The Labute approximate surface area is 117 Å². The van der Waals surface area contributed by atoms with Crippen molar-refractivity contribution in [1.82, 2.24) is 0 Å². The monoisotopic (exact) mass is 253 g/mol. The third kappa shape index (κ3) is 9.97. The molecule has 0 amide bonds. The van der Waals surface area contributed by atoms with Gasteiger partial charge in [0.1, 0.15) is 0 Å². The number of rotatable bonds is 13. The zero-order chi connectivity index (χ0) is 13.6. The number of unbranched alkanes of at least 4 members (excludes halogenated alkanes) is 4. The molecule has 0 spiro atoms. The predicted molar refractivity (Wildman–Crippen MR) is 84.8 cm³/mol. The van der Waals surface area contributed by atoms with Crippen LogP contribution in [0.25, 0.3) is 0 Å². The molecule has 0 aromatic heterocycles. The molecule has 0 nitrogen and oxygen atoms in total. The van der Waals surface area contributed by atoms with Crippen LogP contribution in [0.3, 0.4) is 0 Å². The maximum absolute atomic E-state index is 2.70. The van der Waals surface area contributed by atoms with Crippen LogP contribution in [0, 0.1) is 18.3 Å². The molecular weight excluding hydrogens is 216 g/mol. The van der Waals surface area contributed by atoms with E-state index in [1.54, 1.807) is 0 Å². The molecule has 0 heteroatoms. The minimum Gasteiger partial charge on any atom is -0.0654 e. The van der Waals surface area contributed by atoms with Crippen molar-refractivity contribution < 1.29 is 0 Å². The average Bonchev–Trinajstić information content (AvgIpc) is 2.37. The lowest BCUT2D eigenvalue weighted by Crippen LogP contribution is -2.10. The van der Waals surface area contributed by atoms with Gasteiger partial charge < -0.3 is 0 Å². The highest BCUT2D eigenvalue weighted by Crippen LogP contribution is 2.26. The Balaban J connectivity index is 3.77. The molecule has 0 saturated heterocycles. The summed E-state index contributed by atoms with van der Waals surface area (Å²) in [5.74, 6) is 1.77. The first-order chi connectivity index (χ1) is 8.78. The fourth-order valence-corrected chi connectivity index (χ4v) is 2.91. The second kappa shape index (κ2) is 13.4. The van der Waals surface area contributed by atoms with Gasteiger partial charge in [0.15, 0.2) is 0 Å². The normalized spacial score (nSPS) is 13.2. The molecule has 0 saturated carbocycles. The van der Waals surface area contributed by atoms with Crippen molar-refractivity contribution >= 4 is 0 Å². The Bertz CT molecular complexity index is 144. The SMILES string of the molecule is CCCCCCCC([CH]C(CCC)CCC)CC. The lowest BCUT2D eigenvalue weighted by molar-refractivity contribution is 0.397. The van der Waals surface area contributed by atoms with Gasteiger partial charge in [0, 0.05) is 0 Å². The largest absolute Gasteiger partial charge is 0.0654 e. The van der Waals surface area contributed by atoms with Crippen LogP contribution in [0.4, 0.5) is 0 Å².